The number of para-hydroxylation sites is 1. The quantitative estimate of drug-likeness (QED) is 0.723. The number of aromatic nitrogens is 1. The van der Waals surface area contributed by atoms with Gasteiger partial charge in [-0.15, -0.1) is 0 Å². The normalized spacial score (nSPS) is 20.7. The molecule has 0 aliphatic carbocycles. The zero-order chi connectivity index (χ0) is 20.8. The van der Waals surface area contributed by atoms with Crippen molar-refractivity contribution < 1.29 is 13.9 Å². The molecule has 4 rings (SSSR count). The number of carbonyl (C=O) groups excluding carboxylic acids is 1. The molecule has 6 heteroatoms. The van der Waals surface area contributed by atoms with Crippen molar-refractivity contribution in [2.75, 3.05) is 39.8 Å². The van der Waals surface area contributed by atoms with Gasteiger partial charge in [-0.1, -0.05) is 31.0 Å². The summed E-state index contributed by atoms with van der Waals surface area (Å²) in [4.78, 5) is 21.8. The average Bonchev–Trinajstić information content (AvgIpc) is 3.09. The standard InChI is InChI=1S/C24H33N3O3/c1-29-22-11-5-4-9-19(22)15-21-16-25-24(30-21)20-10-8-14-27(17-20)23(28)18-26-12-6-2-3-7-13-26/h4-5,9,11,16,20H,2-3,6-8,10,12-15,17-18H2,1H3. The van der Waals surface area contributed by atoms with Crippen LogP contribution in [0.5, 0.6) is 5.75 Å². The smallest absolute Gasteiger partial charge is 0.236 e. The van der Waals surface area contributed by atoms with Crippen LogP contribution in [0.3, 0.4) is 0 Å². The Kier molecular flexibility index (Phi) is 7.05. The van der Waals surface area contributed by atoms with Crippen LogP contribution in [0.4, 0.5) is 0 Å². The molecule has 2 aromatic rings. The van der Waals surface area contributed by atoms with E-state index in [1.54, 1.807) is 7.11 Å². The molecule has 0 N–H and O–H groups in total. The van der Waals surface area contributed by atoms with E-state index in [0.717, 1.165) is 55.4 Å². The highest BCUT2D eigenvalue weighted by Gasteiger charge is 2.28. The van der Waals surface area contributed by atoms with Crippen LogP contribution >= 0.6 is 0 Å². The minimum Gasteiger partial charge on any atom is -0.496 e. The number of hydrogen-bond acceptors (Lipinski definition) is 5. The second kappa shape index (κ2) is 10.1. The first-order chi connectivity index (χ1) is 14.7. The predicted octanol–water partition coefficient (Wildman–Crippen LogP) is 3.86. The van der Waals surface area contributed by atoms with Gasteiger partial charge in [0.15, 0.2) is 5.89 Å². The minimum atomic E-state index is 0.179. The van der Waals surface area contributed by atoms with Crippen LogP contribution in [0.2, 0.25) is 0 Å². The van der Waals surface area contributed by atoms with E-state index in [4.69, 9.17) is 9.15 Å². The number of piperidine rings is 1. The van der Waals surface area contributed by atoms with Gasteiger partial charge in [0.05, 0.1) is 25.8 Å². The maximum Gasteiger partial charge on any atom is 0.236 e. The molecule has 1 aromatic carbocycles. The van der Waals surface area contributed by atoms with E-state index in [1.807, 2.05) is 35.4 Å². The van der Waals surface area contributed by atoms with Gasteiger partial charge in [0.1, 0.15) is 11.5 Å². The van der Waals surface area contributed by atoms with Crippen molar-refractivity contribution in [3.63, 3.8) is 0 Å². The molecule has 0 spiro atoms. The number of ether oxygens (including phenoxy) is 1. The van der Waals surface area contributed by atoms with E-state index in [0.29, 0.717) is 19.5 Å². The first-order valence-corrected chi connectivity index (χ1v) is 11.3. The number of hydrogen-bond donors (Lipinski definition) is 0. The maximum atomic E-state index is 12.9. The number of benzene rings is 1. The fraction of sp³-hybridized carbons (Fsp3) is 0.583. The number of nitrogens with zero attached hydrogens (tertiary/aromatic N) is 3. The van der Waals surface area contributed by atoms with Crippen molar-refractivity contribution in [1.29, 1.82) is 0 Å². The molecular formula is C24H33N3O3. The lowest BCUT2D eigenvalue weighted by molar-refractivity contribution is -0.133. The second-order valence-electron chi connectivity index (χ2n) is 8.52. The third kappa shape index (κ3) is 5.22. The molecule has 0 radical (unpaired) electrons. The fourth-order valence-electron chi connectivity index (χ4n) is 4.62. The Bertz CT molecular complexity index is 827. The fourth-order valence-corrected chi connectivity index (χ4v) is 4.62. The molecule has 1 unspecified atom stereocenters. The first-order valence-electron chi connectivity index (χ1n) is 11.3. The molecular weight excluding hydrogens is 378 g/mol. The molecule has 2 aliphatic rings. The third-order valence-electron chi connectivity index (χ3n) is 6.31. The van der Waals surface area contributed by atoms with Gasteiger partial charge in [-0.2, -0.15) is 0 Å². The Labute approximate surface area is 179 Å². The summed E-state index contributed by atoms with van der Waals surface area (Å²) in [7, 11) is 1.68. The van der Waals surface area contributed by atoms with Crippen molar-refractivity contribution in [3.8, 4) is 5.75 Å². The highest BCUT2D eigenvalue weighted by molar-refractivity contribution is 5.78. The molecule has 2 fully saturated rings. The topological polar surface area (TPSA) is 58.8 Å². The van der Waals surface area contributed by atoms with Gasteiger partial charge in [-0.05, 0) is 44.8 Å². The van der Waals surface area contributed by atoms with E-state index in [1.165, 1.54) is 25.7 Å². The van der Waals surface area contributed by atoms with Gasteiger partial charge in [0, 0.05) is 25.1 Å². The Balaban J connectivity index is 1.36. The Hall–Kier alpha value is -2.34. The van der Waals surface area contributed by atoms with Crippen LogP contribution in [-0.2, 0) is 11.2 Å². The van der Waals surface area contributed by atoms with Crippen LogP contribution in [0.1, 0.15) is 61.7 Å². The molecule has 1 aromatic heterocycles. The van der Waals surface area contributed by atoms with E-state index < -0.39 is 0 Å². The highest BCUT2D eigenvalue weighted by Crippen LogP contribution is 2.28. The van der Waals surface area contributed by atoms with Crippen LogP contribution < -0.4 is 4.74 Å². The number of likely N-dealkylation sites (tertiary alicyclic amines) is 2. The molecule has 30 heavy (non-hydrogen) atoms. The average molecular weight is 412 g/mol. The lowest BCUT2D eigenvalue weighted by Crippen LogP contribution is -2.44. The molecule has 2 saturated heterocycles. The molecule has 2 aliphatic heterocycles. The highest BCUT2D eigenvalue weighted by atomic mass is 16.5. The lowest BCUT2D eigenvalue weighted by atomic mass is 9.98. The largest absolute Gasteiger partial charge is 0.496 e. The van der Waals surface area contributed by atoms with Crippen LogP contribution in [0.25, 0.3) is 0 Å². The summed E-state index contributed by atoms with van der Waals surface area (Å²) in [5.41, 5.74) is 1.08. The van der Waals surface area contributed by atoms with Crippen LogP contribution in [-0.4, -0.2) is 60.5 Å². The predicted molar refractivity (Wildman–Crippen MR) is 116 cm³/mol. The number of methoxy groups -OCH3 is 1. The van der Waals surface area contributed by atoms with Gasteiger partial charge < -0.3 is 14.1 Å². The zero-order valence-electron chi connectivity index (χ0n) is 18.0. The van der Waals surface area contributed by atoms with Crippen LogP contribution in [0, 0.1) is 0 Å². The minimum absolute atomic E-state index is 0.179. The third-order valence-corrected chi connectivity index (χ3v) is 6.31. The number of oxazole rings is 1. The Morgan fingerprint density at radius 1 is 1.13 bits per heavy atom. The van der Waals surface area contributed by atoms with Gasteiger partial charge in [-0.3, -0.25) is 9.69 Å². The summed E-state index contributed by atoms with van der Waals surface area (Å²) >= 11 is 0. The summed E-state index contributed by atoms with van der Waals surface area (Å²) in [6.07, 6.45) is 9.49. The van der Waals surface area contributed by atoms with Crippen molar-refractivity contribution in [2.24, 2.45) is 0 Å². The summed E-state index contributed by atoms with van der Waals surface area (Å²) in [5.74, 6) is 2.88. The number of amides is 1. The second-order valence-corrected chi connectivity index (χ2v) is 8.52. The molecule has 162 valence electrons. The van der Waals surface area contributed by atoms with E-state index >= 15 is 0 Å². The summed E-state index contributed by atoms with van der Waals surface area (Å²) in [6, 6.07) is 7.98. The number of carbonyl (C=O) groups is 1. The molecule has 6 nitrogen and oxygen atoms in total. The lowest BCUT2D eigenvalue weighted by Gasteiger charge is -2.33. The molecule has 3 heterocycles. The summed E-state index contributed by atoms with van der Waals surface area (Å²) in [5, 5.41) is 0. The van der Waals surface area contributed by atoms with Crippen molar-refractivity contribution in [2.45, 2.75) is 50.9 Å². The van der Waals surface area contributed by atoms with Crippen LogP contribution in [0.15, 0.2) is 34.9 Å². The van der Waals surface area contributed by atoms with Gasteiger partial charge in [0.2, 0.25) is 5.91 Å². The van der Waals surface area contributed by atoms with Gasteiger partial charge >= 0.3 is 0 Å². The zero-order valence-corrected chi connectivity index (χ0v) is 18.0. The summed E-state index contributed by atoms with van der Waals surface area (Å²) in [6.45, 7) is 4.21. The Morgan fingerprint density at radius 3 is 2.73 bits per heavy atom. The van der Waals surface area contributed by atoms with E-state index in [9.17, 15) is 4.79 Å². The van der Waals surface area contributed by atoms with Crippen molar-refractivity contribution >= 4 is 5.91 Å². The molecule has 0 bridgehead atoms. The summed E-state index contributed by atoms with van der Waals surface area (Å²) < 4.78 is 11.5. The number of rotatable bonds is 6. The van der Waals surface area contributed by atoms with Gasteiger partial charge in [0.25, 0.3) is 0 Å². The van der Waals surface area contributed by atoms with Gasteiger partial charge in [-0.25, -0.2) is 4.98 Å². The van der Waals surface area contributed by atoms with Crippen molar-refractivity contribution in [1.82, 2.24) is 14.8 Å². The monoisotopic (exact) mass is 411 g/mol. The first kappa shape index (κ1) is 20.9. The van der Waals surface area contributed by atoms with E-state index in [-0.39, 0.29) is 11.8 Å². The van der Waals surface area contributed by atoms with E-state index in [2.05, 4.69) is 9.88 Å². The molecule has 1 atom stereocenters. The molecule has 1 amide bonds. The van der Waals surface area contributed by atoms with Crippen molar-refractivity contribution in [3.05, 3.63) is 47.7 Å². The SMILES string of the molecule is COc1ccccc1Cc1cnc(C2CCCN(C(=O)CN3CCCCCC3)C2)o1. The molecule has 0 saturated carbocycles. The maximum absolute atomic E-state index is 12.9. The Morgan fingerprint density at radius 2 is 1.93 bits per heavy atom.